The van der Waals surface area contributed by atoms with Gasteiger partial charge in [-0.05, 0) is 79.7 Å². The first-order chi connectivity index (χ1) is 16.9. The maximum absolute atomic E-state index is 12.4. The number of aromatic nitrogens is 1. The van der Waals surface area contributed by atoms with Crippen LogP contribution in [0.2, 0.25) is 0 Å². The predicted octanol–water partition coefficient (Wildman–Crippen LogP) is 5.32. The molecular weight excluding hydrogens is 438 g/mol. The quantitative estimate of drug-likeness (QED) is 0.610. The molecule has 5 atom stereocenters. The van der Waals surface area contributed by atoms with E-state index in [4.69, 9.17) is 14.2 Å². The van der Waals surface area contributed by atoms with Crippen molar-refractivity contribution in [2.75, 3.05) is 13.2 Å². The summed E-state index contributed by atoms with van der Waals surface area (Å²) < 4.78 is 19.9. The van der Waals surface area contributed by atoms with Gasteiger partial charge in [-0.15, -0.1) is 0 Å². The lowest BCUT2D eigenvalue weighted by Gasteiger charge is -2.56. The Hall–Kier alpha value is -2.05. The Morgan fingerprint density at radius 2 is 1.89 bits per heavy atom. The van der Waals surface area contributed by atoms with Crippen molar-refractivity contribution in [3.8, 4) is 0 Å². The minimum atomic E-state index is -0.896. The minimum absolute atomic E-state index is 0.269. The molecule has 1 aromatic heterocycles. The molecule has 4 heterocycles. The fourth-order valence-corrected chi connectivity index (χ4v) is 9.03. The number of pyridine rings is 1. The molecule has 0 radical (unpaired) electrons. The van der Waals surface area contributed by atoms with Gasteiger partial charge in [0, 0.05) is 41.1 Å². The first-order valence-corrected chi connectivity index (χ1v) is 13.4. The Balaban J connectivity index is 1.25. The molecule has 5 nitrogen and oxygen atoms in total. The molecule has 0 amide bonds. The van der Waals surface area contributed by atoms with Crippen molar-refractivity contribution in [3.63, 3.8) is 0 Å². The molecule has 4 fully saturated rings. The molecule has 182 valence electrons. The van der Waals surface area contributed by atoms with Crippen LogP contribution in [0.4, 0.5) is 0 Å². The van der Waals surface area contributed by atoms with Crippen molar-refractivity contribution >= 4 is 10.8 Å². The Morgan fingerprint density at radius 3 is 2.77 bits per heavy atom. The minimum Gasteiger partial charge on any atom is -0.385 e. The second kappa shape index (κ2) is 6.63. The van der Waals surface area contributed by atoms with Gasteiger partial charge in [0.2, 0.25) is 0 Å². The van der Waals surface area contributed by atoms with Gasteiger partial charge in [0.15, 0.2) is 5.79 Å². The molecule has 2 aromatic rings. The van der Waals surface area contributed by atoms with Crippen molar-refractivity contribution in [2.45, 2.75) is 80.9 Å². The third-order valence-electron chi connectivity index (χ3n) is 10.7. The third-order valence-corrected chi connectivity index (χ3v) is 10.7. The zero-order chi connectivity index (χ0) is 23.5. The lowest BCUT2D eigenvalue weighted by molar-refractivity contribution is -0.206. The Labute approximate surface area is 206 Å². The average molecular weight is 472 g/mol. The molecule has 5 heteroatoms. The zero-order valence-electron chi connectivity index (χ0n) is 20.4. The monoisotopic (exact) mass is 471 g/mol. The van der Waals surface area contributed by atoms with E-state index in [1.54, 1.807) is 0 Å². The Kier molecular flexibility index (Phi) is 3.99. The molecule has 8 rings (SSSR count). The van der Waals surface area contributed by atoms with Crippen LogP contribution in [0.5, 0.6) is 0 Å². The highest BCUT2D eigenvalue weighted by atomic mass is 16.7. The largest absolute Gasteiger partial charge is 0.385 e. The number of hydrogen-bond acceptors (Lipinski definition) is 5. The average Bonchev–Trinajstić information content (AvgIpc) is 3.54. The third kappa shape index (κ3) is 2.41. The van der Waals surface area contributed by atoms with Crippen LogP contribution in [0.25, 0.3) is 10.8 Å². The van der Waals surface area contributed by atoms with E-state index in [-0.39, 0.29) is 22.5 Å². The molecule has 1 N–H and O–H groups in total. The summed E-state index contributed by atoms with van der Waals surface area (Å²) in [5, 5.41) is 14.7. The SMILES string of the molecule is C[C@]12CC=C3C=C4C5(CCC[C@]46CC[C@]3(O6)[C@@H]1CC[C@@]2(O)c1ccc2ccncc2c1)OCCO5. The summed E-state index contributed by atoms with van der Waals surface area (Å²) in [6.45, 7) is 3.62. The zero-order valence-corrected chi connectivity index (χ0v) is 20.4. The number of nitrogens with zero attached hydrogens (tertiary/aromatic N) is 1. The number of ether oxygens (including phenoxy) is 3. The fraction of sp³-hybridized carbons (Fsp3) is 0.567. The Morgan fingerprint density at radius 1 is 1.00 bits per heavy atom. The van der Waals surface area contributed by atoms with Crippen LogP contribution < -0.4 is 0 Å². The van der Waals surface area contributed by atoms with Crippen LogP contribution in [0, 0.1) is 11.3 Å². The maximum Gasteiger partial charge on any atom is 0.194 e. The van der Waals surface area contributed by atoms with Crippen molar-refractivity contribution in [1.29, 1.82) is 0 Å². The molecule has 3 spiro atoms. The molecule has 2 saturated heterocycles. The van der Waals surface area contributed by atoms with Crippen LogP contribution in [0.15, 0.2) is 60.0 Å². The summed E-state index contributed by atoms with van der Waals surface area (Å²) in [7, 11) is 0. The molecule has 6 aliphatic rings. The normalized spacial score (nSPS) is 43.0. The van der Waals surface area contributed by atoms with Gasteiger partial charge in [-0.2, -0.15) is 0 Å². The van der Waals surface area contributed by atoms with Crippen LogP contribution in [0.1, 0.15) is 63.9 Å². The lowest BCUT2D eigenvalue weighted by atomic mass is 9.56. The van der Waals surface area contributed by atoms with E-state index < -0.39 is 11.4 Å². The molecule has 3 aliphatic carbocycles. The molecular formula is C30H33NO4. The van der Waals surface area contributed by atoms with Crippen molar-refractivity contribution in [3.05, 3.63) is 65.5 Å². The maximum atomic E-state index is 12.4. The molecule has 0 unspecified atom stereocenters. The first-order valence-electron chi connectivity index (χ1n) is 13.4. The van der Waals surface area contributed by atoms with Gasteiger partial charge < -0.3 is 19.3 Å². The van der Waals surface area contributed by atoms with E-state index in [0.29, 0.717) is 13.2 Å². The number of rotatable bonds is 1. The number of hydrogen-bond donors (Lipinski definition) is 1. The molecule has 35 heavy (non-hydrogen) atoms. The van der Waals surface area contributed by atoms with E-state index in [1.165, 1.54) is 11.1 Å². The summed E-state index contributed by atoms with van der Waals surface area (Å²) in [6.07, 6.45) is 16.1. The molecule has 3 aliphatic heterocycles. The summed E-state index contributed by atoms with van der Waals surface area (Å²) in [4.78, 5) is 4.32. The van der Waals surface area contributed by atoms with E-state index in [9.17, 15) is 5.11 Å². The van der Waals surface area contributed by atoms with Gasteiger partial charge in [0.1, 0.15) is 0 Å². The number of aliphatic hydroxyl groups is 1. The smallest absolute Gasteiger partial charge is 0.194 e. The summed E-state index contributed by atoms with van der Waals surface area (Å²) >= 11 is 0. The highest BCUT2D eigenvalue weighted by molar-refractivity contribution is 5.82. The summed E-state index contributed by atoms with van der Waals surface area (Å²) in [6, 6.07) is 8.44. The highest BCUT2D eigenvalue weighted by Crippen LogP contribution is 2.71. The van der Waals surface area contributed by atoms with Gasteiger partial charge in [0.05, 0.1) is 30.0 Å². The van der Waals surface area contributed by atoms with E-state index in [1.807, 2.05) is 18.5 Å². The fourth-order valence-electron chi connectivity index (χ4n) is 9.03. The van der Waals surface area contributed by atoms with Gasteiger partial charge in [-0.3, -0.25) is 4.98 Å². The molecule has 1 aromatic carbocycles. The van der Waals surface area contributed by atoms with Crippen LogP contribution in [-0.2, 0) is 19.8 Å². The summed E-state index contributed by atoms with van der Waals surface area (Å²) in [5.41, 5.74) is 1.75. The van der Waals surface area contributed by atoms with Crippen molar-refractivity contribution < 1.29 is 19.3 Å². The second-order valence-electron chi connectivity index (χ2n) is 12.0. The van der Waals surface area contributed by atoms with Crippen LogP contribution in [0.3, 0.4) is 0 Å². The predicted molar refractivity (Wildman–Crippen MR) is 132 cm³/mol. The van der Waals surface area contributed by atoms with Gasteiger partial charge in [-0.25, -0.2) is 0 Å². The highest BCUT2D eigenvalue weighted by Gasteiger charge is 2.71. The first kappa shape index (κ1) is 21.1. The number of allylic oxidation sites excluding steroid dienone is 1. The van der Waals surface area contributed by atoms with Crippen LogP contribution in [-0.4, -0.2) is 40.3 Å². The standard InChI is InChI=1S/C30H33NO4/c1-26-10-5-22-18-25-27(8-2-9-30(25)33-15-16-34-30)12-13-28(22,35-27)24(26)6-11-29(26,32)23-4-3-20-7-14-31-19-21(20)17-23/h3-5,7,14,17-19,24,32H,2,6,8-13,15-16H2,1H3/t24-,26+,27+,28-,29-/m1/s1. The molecule has 2 saturated carbocycles. The van der Waals surface area contributed by atoms with E-state index in [0.717, 1.165) is 67.7 Å². The number of fused-ring (bicyclic) bond motifs is 3. The van der Waals surface area contributed by atoms with Crippen molar-refractivity contribution in [1.82, 2.24) is 4.98 Å². The van der Waals surface area contributed by atoms with Crippen molar-refractivity contribution in [2.24, 2.45) is 11.3 Å². The van der Waals surface area contributed by atoms with Gasteiger partial charge >= 0.3 is 0 Å². The van der Waals surface area contributed by atoms with E-state index >= 15 is 0 Å². The van der Waals surface area contributed by atoms with Crippen LogP contribution >= 0.6 is 0 Å². The Bertz CT molecular complexity index is 1310. The van der Waals surface area contributed by atoms with E-state index in [2.05, 4.69) is 42.3 Å². The molecule has 2 bridgehead atoms. The van der Waals surface area contributed by atoms with Gasteiger partial charge in [-0.1, -0.05) is 25.1 Å². The number of benzene rings is 1. The second-order valence-corrected chi connectivity index (χ2v) is 12.0. The topological polar surface area (TPSA) is 60.8 Å². The lowest BCUT2D eigenvalue weighted by Crippen LogP contribution is -2.58. The summed E-state index contributed by atoms with van der Waals surface area (Å²) in [5.74, 6) is -0.323. The van der Waals surface area contributed by atoms with Gasteiger partial charge in [0.25, 0.3) is 0 Å².